The normalized spacial score (nSPS) is 10.3. The van der Waals surface area contributed by atoms with Gasteiger partial charge in [-0.15, -0.1) is 0 Å². The summed E-state index contributed by atoms with van der Waals surface area (Å²) in [7, 11) is 0. The number of nitrogens with zero attached hydrogens (tertiary/aromatic N) is 2. The van der Waals surface area contributed by atoms with E-state index in [-0.39, 0.29) is 25.7 Å². The van der Waals surface area contributed by atoms with Gasteiger partial charge in [-0.1, -0.05) is 11.8 Å². The minimum absolute atomic E-state index is 0.199. The van der Waals surface area contributed by atoms with Crippen molar-refractivity contribution < 1.29 is 24.2 Å². The first-order valence-electron chi connectivity index (χ1n) is 6.15. The lowest BCUT2D eigenvalue weighted by molar-refractivity contribution is -0.142. The highest BCUT2D eigenvalue weighted by molar-refractivity contribution is 7.98. The van der Waals surface area contributed by atoms with Gasteiger partial charge in [-0.05, 0) is 6.26 Å². The number of aliphatic carboxylic acids is 1. The van der Waals surface area contributed by atoms with Crippen molar-refractivity contribution in [3.05, 3.63) is 18.0 Å². The summed E-state index contributed by atoms with van der Waals surface area (Å²) in [4.78, 5) is 29.9. The Balaban J connectivity index is 2.09. The summed E-state index contributed by atoms with van der Waals surface area (Å²) in [6, 6.07) is 0. The van der Waals surface area contributed by atoms with Crippen LogP contribution in [0.5, 0.6) is 0 Å². The predicted octanol–water partition coefficient (Wildman–Crippen LogP) is 0.0461. The number of carbonyl (C=O) groups is 2. The van der Waals surface area contributed by atoms with Crippen molar-refractivity contribution in [3.8, 4) is 0 Å². The number of aromatic nitrogens is 2. The number of carbonyl (C=O) groups excluding carboxylic acids is 1. The Labute approximate surface area is 126 Å². The molecule has 0 fully saturated rings. The van der Waals surface area contributed by atoms with Crippen LogP contribution in [0, 0.1) is 0 Å². The van der Waals surface area contributed by atoms with E-state index in [1.165, 1.54) is 24.2 Å². The standard InChI is InChI=1S/C12H17N3O5S/c1-21-12-14-6-9(7-15-12)11(18)13-2-3-19-4-5-20-8-10(16)17/h6-7H,2-5,8H2,1H3,(H,13,18)(H,16,17). The van der Waals surface area contributed by atoms with Crippen molar-refractivity contribution in [2.75, 3.05) is 39.2 Å². The topological polar surface area (TPSA) is 111 Å². The number of rotatable bonds is 10. The van der Waals surface area contributed by atoms with Gasteiger partial charge in [0.1, 0.15) is 6.61 Å². The molecule has 0 saturated heterocycles. The van der Waals surface area contributed by atoms with Crippen LogP contribution in [-0.2, 0) is 14.3 Å². The van der Waals surface area contributed by atoms with Crippen molar-refractivity contribution in [1.82, 2.24) is 15.3 Å². The summed E-state index contributed by atoms with van der Waals surface area (Å²) >= 11 is 1.40. The van der Waals surface area contributed by atoms with Crippen molar-refractivity contribution in [2.45, 2.75) is 5.16 Å². The SMILES string of the molecule is CSc1ncc(C(=O)NCCOCCOCC(=O)O)cn1. The Hall–Kier alpha value is -1.71. The second-order valence-electron chi connectivity index (χ2n) is 3.77. The molecule has 0 atom stereocenters. The van der Waals surface area contributed by atoms with Gasteiger partial charge in [0.05, 0.1) is 25.4 Å². The molecule has 0 aromatic carbocycles. The fourth-order valence-corrected chi connectivity index (χ4v) is 1.57. The van der Waals surface area contributed by atoms with Gasteiger partial charge in [-0.25, -0.2) is 14.8 Å². The molecular weight excluding hydrogens is 298 g/mol. The molecule has 0 aliphatic heterocycles. The van der Waals surface area contributed by atoms with Crippen LogP contribution >= 0.6 is 11.8 Å². The van der Waals surface area contributed by atoms with E-state index in [0.717, 1.165) is 0 Å². The van der Waals surface area contributed by atoms with Gasteiger partial charge in [0, 0.05) is 18.9 Å². The summed E-state index contributed by atoms with van der Waals surface area (Å²) < 4.78 is 9.95. The Kier molecular flexibility index (Phi) is 8.32. The largest absolute Gasteiger partial charge is 0.480 e. The van der Waals surface area contributed by atoms with Crippen LogP contribution in [0.1, 0.15) is 10.4 Å². The van der Waals surface area contributed by atoms with E-state index in [0.29, 0.717) is 23.9 Å². The number of ether oxygens (including phenoxy) is 2. The molecule has 1 aromatic rings. The fourth-order valence-electron chi connectivity index (χ4n) is 1.26. The van der Waals surface area contributed by atoms with Crippen molar-refractivity contribution in [2.24, 2.45) is 0 Å². The number of hydrogen-bond acceptors (Lipinski definition) is 7. The molecular formula is C12H17N3O5S. The van der Waals surface area contributed by atoms with Crippen molar-refractivity contribution >= 4 is 23.6 Å². The third-order valence-electron chi connectivity index (χ3n) is 2.20. The summed E-state index contributed by atoms with van der Waals surface area (Å²) in [6.07, 6.45) is 4.79. The maximum Gasteiger partial charge on any atom is 0.329 e. The second-order valence-corrected chi connectivity index (χ2v) is 4.55. The van der Waals surface area contributed by atoms with Crippen LogP contribution in [0.4, 0.5) is 0 Å². The van der Waals surface area contributed by atoms with Crippen LogP contribution in [-0.4, -0.2) is 66.2 Å². The van der Waals surface area contributed by atoms with E-state index in [9.17, 15) is 9.59 Å². The van der Waals surface area contributed by atoms with Gasteiger partial charge in [-0.3, -0.25) is 4.79 Å². The monoisotopic (exact) mass is 315 g/mol. The number of carboxylic acid groups (broad SMARTS) is 1. The maximum atomic E-state index is 11.7. The van der Waals surface area contributed by atoms with Crippen LogP contribution in [0.15, 0.2) is 17.6 Å². The Morgan fingerprint density at radius 2 is 1.90 bits per heavy atom. The molecule has 0 radical (unpaired) electrons. The van der Waals surface area contributed by atoms with Crippen LogP contribution < -0.4 is 5.32 Å². The van der Waals surface area contributed by atoms with Gasteiger partial charge in [0.25, 0.3) is 5.91 Å². The van der Waals surface area contributed by atoms with E-state index < -0.39 is 5.97 Å². The van der Waals surface area contributed by atoms with Crippen molar-refractivity contribution in [3.63, 3.8) is 0 Å². The summed E-state index contributed by atoms with van der Waals surface area (Å²) in [5.41, 5.74) is 0.387. The quantitative estimate of drug-likeness (QED) is 0.354. The molecule has 1 rings (SSSR count). The summed E-state index contributed by atoms with van der Waals surface area (Å²) in [5.74, 6) is -1.29. The van der Waals surface area contributed by atoms with Crippen molar-refractivity contribution in [1.29, 1.82) is 0 Å². The highest BCUT2D eigenvalue weighted by atomic mass is 32.2. The molecule has 9 heteroatoms. The van der Waals surface area contributed by atoms with Gasteiger partial charge in [0.15, 0.2) is 5.16 Å². The Bertz CT molecular complexity index is 455. The number of thioether (sulfide) groups is 1. The molecule has 0 unspecified atom stereocenters. The summed E-state index contributed by atoms with van der Waals surface area (Å²) in [5, 5.41) is 11.6. The van der Waals surface area contributed by atoms with Crippen LogP contribution in [0.25, 0.3) is 0 Å². The lowest BCUT2D eigenvalue weighted by Gasteiger charge is -2.06. The fraction of sp³-hybridized carbons (Fsp3) is 0.500. The lowest BCUT2D eigenvalue weighted by Crippen LogP contribution is -2.28. The maximum absolute atomic E-state index is 11.7. The number of nitrogens with one attached hydrogen (secondary N) is 1. The van der Waals surface area contributed by atoms with E-state index in [4.69, 9.17) is 14.6 Å². The van der Waals surface area contributed by atoms with E-state index in [1.54, 1.807) is 0 Å². The van der Waals surface area contributed by atoms with E-state index >= 15 is 0 Å². The third-order valence-corrected chi connectivity index (χ3v) is 2.78. The average molecular weight is 315 g/mol. The molecule has 1 aromatic heterocycles. The van der Waals surface area contributed by atoms with Crippen LogP contribution in [0.3, 0.4) is 0 Å². The Morgan fingerprint density at radius 3 is 2.52 bits per heavy atom. The molecule has 1 heterocycles. The minimum Gasteiger partial charge on any atom is -0.480 e. The Morgan fingerprint density at radius 1 is 1.24 bits per heavy atom. The van der Waals surface area contributed by atoms with Gasteiger partial charge >= 0.3 is 5.97 Å². The zero-order chi connectivity index (χ0) is 15.5. The van der Waals surface area contributed by atoms with Gasteiger partial charge in [0.2, 0.25) is 0 Å². The summed E-state index contributed by atoms with van der Waals surface area (Å²) in [6.45, 7) is 0.777. The molecule has 0 spiro atoms. The van der Waals surface area contributed by atoms with E-state index in [1.807, 2.05) is 6.26 Å². The molecule has 21 heavy (non-hydrogen) atoms. The lowest BCUT2D eigenvalue weighted by atomic mass is 10.3. The first-order valence-corrected chi connectivity index (χ1v) is 7.37. The highest BCUT2D eigenvalue weighted by Gasteiger charge is 2.06. The highest BCUT2D eigenvalue weighted by Crippen LogP contribution is 2.06. The zero-order valence-corrected chi connectivity index (χ0v) is 12.4. The van der Waals surface area contributed by atoms with Crippen LogP contribution in [0.2, 0.25) is 0 Å². The molecule has 0 aliphatic carbocycles. The zero-order valence-electron chi connectivity index (χ0n) is 11.6. The number of carboxylic acids is 1. The minimum atomic E-state index is -1.02. The molecule has 2 N–H and O–H groups in total. The second kappa shape index (κ2) is 10.1. The molecule has 0 saturated carbocycles. The first-order chi connectivity index (χ1) is 10.1. The van der Waals surface area contributed by atoms with E-state index in [2.05, 4.69) is 15.3 Å². The van der Waals surface area contributed by atoms with Gasteiger partial charge < -0.3 is 19.9 Å². The average Bonchev–Trinajstić information content (AvgIpc) is 2.49. The third kappa shape index (κ3) is 7.59. The van der Waals surface area contributed by atoms with Gasteiger partial charge in [-0.2, -0.15) is 0 Å². The smallest absolute Gasteiger partial charge is 0.329 e. The molecule has 116 valence electrons. The number of amides is 1. The predicted molar refractivity (Wildman–Crippen MR) is 75.4 cm³/mol. The molecule has 8 nitrogen and oxygen atoms in total. The number of hydrogen-bond donors (Lipinski definition) is 2. The first kappa shape index (κ1) is 17.3. The molecule has 0 bridgehead atoms. The molecule has 0 aliphatic rings. The molecule has 1 amide bonds.